The highest BCUT2D eigenvalue weighted by molar-refractivity contribution is 5.79. The summed E-state index contributed by atoms with van der Waals surface area (Å²) in [6, 6.07) is 0. The van der Waals surface area contributed by atoms with Gasteiger partial charge >= 0.3 is 0 Å². The van der Waals surface area contributed by atoms with E-state index in [1.807, 2.05) is 13.8 Å². The van der Waals surface area contributed by atoms with E-state index in [-0.39, 0.29) is 5.41 Å². The standard InChI is InChI=1S/C24H40O3/c1-4-27-15-24(26)13-11-18-17(14-24)8-9-20-19(18)10-12-23(3)21(16(2)25)6-5-7-22(20)23/h17-22,26H,4-15H2,1-3H3/t17-,18+,19-,20-,21-,22+,23-,24-/m1/s1. The molecule has 27 heavy (non-hydrogen) atoms. The monoisotopic (exact) mass is 376 g/mol. The molecule has 3 heteroatoms. The van der Waals surface area contributed by atoms with Crippen LogP contribution >= 0.6 is 0 Å². The molecule has 8 atom stereocenters. The van der Waals surface area contributed by atoms with E-state index in [0.717, 1.165) is 42.9 Å². The molecule has 4 aliphatic carbocycles. The normalized spacial score (nSPS) is 49.6. The number of ether oxygens (including phenoxy) is 1. The maximum atomic E-state index is 12.4. The molecule has 0 aromatic carbocycles. The number of ketones is 1. The number of hydrogen-bond acceptors (Lipinski definition) is 3. The maximum absolute atomic E-state index is 12.4. The van der Waals surface area contributed by atoms with Crippen molar-refractivity contribution >= 4 is 5.78 Å². The van der Waals surface area contributed by atoms with E-state index in [9.17, 15) is 9.90 Å². The van der Waals surface area contributed by atoms with Crippen LogP contribution in [-0.2, 0) is 9.53 Å². The Morgan fingerprint density at radius 2 is 1.81 bits per heavy atom. The van der Waals surface area contributed by atoms with Crippen molar-refractivity contribution in [2.45, 2.75) is 90.6 Å². The summed E-state index contributed by atoms with van der Waals surface area (Å²) in [4.78, 5) is 12.4. The highest BCUT2D eigenvalue weighted by atomic mass is 16.5. The third-order valence-electron chi connectivity index (χ3n) is 9.41. The number of aliphatic hydroxyl groups is 1. The molecule has 0 amide bonds. The van der Waals surface area contributed by atoms with Crippen molar-refractivity contribution in [1.29, 1.82) is 0 Å². The van der Waals surface area contributed by atoms with Gasteiger partial charge in [0.1, 0.15) is 5.78 Å². The SMILES string of the molecule is CCOC[C@@]1(O)CC[C@H]2[C@H](CC[C@@H]3[C@@H]2CC[C@]2(C)[C@@H](C(C)=O)CCC[C@@H]32)C1. The molecule has 154 valence electrons. The van der Waals surface area contributed by atoms with Gasteiger partial charge in [-0.1, -0.05) is 13.3 Å². The Kier molecular flexibility index (Phi) is 5.48. The first-order valence-electron chi connectivity index (χ1n) is 11.7. The van der Waals surface area contributed by atoms with Crippen molar-refractivity contribution in [3.05, 3.63) is 0 Å². The zero-order valence-electron chi connectivity index (χ0n) is 17.7. The first kappa shape index (κ1) is 19.9. The number of fused-ring (bicyclic) bond motifs is 5. The Morgan fingerprint density at radius 3 is 2.56 bits per heavy atom. The molecule has 4 rings (SSSR count). The van der Waals surface area contributed by atoms with Crippen molar-refractivity contribution in [2.24, 2.45) is 40.9 Å². The Morgan fingerprint density at radius 1 is 1.04 bits per heavy atom. The van der Waals surface area contributed by atoms with E-state index in [1.54, 1.807) is 0 Å². The summed E-state index contributed by atoms with van der Waals surface area (Å²) in [5.41, 5.74) is -0.333. The van der Waals surface area contributed by atoms with Crippen molar-refractivity contribution < 1.29 is 14.6 Å². The summed E-state index contributed by atoms with van der Waals surface area (Å²) < 4.78 is 5.60. The zero-order valence-corrected chi connectivity index (χ0v) is 17.7. The van der Waals surface area contributed by atoms with Gasteiger partial charge in [-0.2, -0.15) is 0 Å². The maximum Gasteiger partial charge on any atom is 0.133 e. The fourth-order valence-corrected chi connectivity index (χ4v) is 8.25. The van der Waals surface area contributed by atoms with E-state index < -0.39 is 5.60 Å². The molecule has 0 heterocycles. The van der Waals surface area contributed by atoms with Gasteiger partial charge in [-0.25, -0.2) is 0 Å². The molecular weight excluding hydrogens is 336 g/mol. The summed E-state index contributed by atoms with van der Waals surface area (Å²) in [7, 11) is 0. The van der Waals surface area contributed by atoms with Crippen LogP contribution in [0.1, 0.15) is 85.0 Å². The van der Waals surface area contributed by atoms with Gasteiger partial charge in [-0.3, -0.25) is 4.79 Å². The van der Waals surface area contributed by atoms with Crippen molar-refractivity contribution in [3.63, 3.8) is 0 Å². The summed E-state index contributed by atoms with van der Waals surface area (Å²) >= 11 is 0. The van der Waals surface area contributed by atoms with E-state index in [4.69, 9.17) is 4.74 Å². The summed E-state index contributed by atoms with van der Waals surface area (Å²) in [5.74, 6) is 4.64. The predicted molar refractivity (Wildman–Crippen MR) is 107 cm³/mol. The van der Waals surface area contributed by atoms with Crippen molar-refractivity contribution in [3.8, 4) is 0 Å². The number of Topliss-reactive ketones (excluding diaryl/α,β-unsaturated/α-hetero) is 1. The van der Waals surface area contributed by atoms with Gasteiger partial charge in [0.25, 0.3) is 0 Å². The Bertz CT molecular complexity index is 560. The van der Waals surface area contributed by atoms with Crippen LogP contribution in [-0.4, -0.2) is 29.7 Å². The third kappa shape index (κ3) is 3.41. The topological polar surface area (TPSA) is 46.5 Å². The Hall–Kier alpha value is -0.410. The molecule has 0 radical (unpaired) electrons. The molecule has 4 fully saturated rings. The number of carbonyl (C=O) groups is 1. The fourth-order valence-electron chi connectivity index (χ4n) is 8.25. The lowest BCUT2D eigenvalue weighted by Gasteiger charge is -2.60. The largest absolute Gasteiger partial charge is 0.387 e. The van der Waals surface area contributed by atoms with Gasteiger partial charge < -0.3 is 9.84 Å². The minimum Gasteiger partial charge on any atom is -0.387 e. The van der Waals surface area contributed by atoms with E-state index >= 15 is 0 Å². The number of carbonyl (C=O) groups excluding carboxylic acids is 1. The average molecular weight is 377 g/mol. The molecule has 4 aliphatic rings. The molecule has 4 saturated carbocycles. The van der Waals surface area contributed by atoms with Crippen LogP contribution in [0.15, 0.2) is 0 Å². The van der Waals surface area contributed by atoms with Gasteiger partial charge in [0.05, 0.1) is 12.2 Å². The van der Waals surface area contributed by atoms with Crippen LogP contribution in [0.4, 0.5) is 0 Å². The lowest BCUT2D eigenvalue weighted by molar-refractivity contribution is -0.152. The van der Waals surface area contributed by atoms with Gasteiger partial charge in [-0.05, 0) is 107 Å². The molecular formula is C24H40O3. The highest BCUT2D eigenvalue weighted by Crippen LogP contribution is 2.63. The second-order valence-corrected chi connectivity index (χ2v) is 10.7. The number of hydrogen-bond donors (Lipinski definition) is 1. The van der Waals surface area contributed by atoms with Gasteiger partial charge in [0, 0.05) is 12.5 Å². The molecule has 0 aromatic rings. The molecule has 0 saturated heterocycles. The van der Waals surface area contributed by atoms with Crippen LogP contribution < -0.4 is 0 Å². The molecule has 1 N–H and O–H groups in total. The summed E-state index contributed by atoms with van der Waals surface area (Å²) in [5, 5.41) is 11.0. The summed E-state index contributed by atoms with van der Waals surface area (Å²) in [6.45, 7) is 7.51. The van der Waals surface area contributed by atoms with Crippen LogP contribution in [0.2, 0.25) is 0 Å². The van der Waals surface area contributed by atoms with E-state index in [0.29, 0.717) is 30.8 Å². The molecule has 0 spiro atoms. The minimum atomic E-state index is -0.586. The van der Waals surface area contributed by atoms with Crippen LogP contribution in [0, 0.1) is 40.9 Å². The molecule has 0 aliphatic heterocycles. The van der Waals surface area contributed by atoms with Gasteiger partial charge in [-0.15, -0.1) is 0 Å². The smallest absolute Gasteiger partial charge is 0.133 e. The van der Waals surface area contributed by atoms with E-state index in [2.05, 4.69) is 6.92 Å². The molecule has 0 aromatic heterocycles. The van der Waals surface area contributed by atoms with Crippen LogP contribution in [0.3, 0.4) is 0 Å². The van der Waals surface area contributed by atoms with Gasteiger partial charge in [0.2, 0.25) is 0 Å². The zero-order chi connectivity index (χ0) is 19.2. The van der Waals surface area contributed by atoms with E-state index in [1.165, 1.54) is 44.9 Å². The van der Waals surface area contributed by atoms with Crippen LogP contribution in [0.5, 0.6) is 0 Å². The van der Waals surface area contributed by atoms with Crippen LogP contribution in [0.25, 0.3) is 0 Å². The molecule has 3 nitrogen and oxygen atoms in total. The number of rotatable bonds is 4. The lowest BCUT2D eigenvalue weighted by Crippen LogP contribution is -2.55. The fraction of sp³-hybridized carbons (Fsp3) is 0.958. The Balaban J connectivity index is 1.49. The summed E-state index contributed by atoms with van der Waals surface area (Å²) in [6.07, 6.45) is 11.9. The Labute approximate surface area is 165 Å². The average Bonchev–Trinajstić information content (AvgIpc) is 2.64. The van der Waals surface area contributed by atoms with Gasteiger partial charge in [0.15, 0.2) is 0 Å². The van der Waals surface area contributed by atoms with Crippen molar-refractivity contribution in [1.82, 2.24) is 0 Å². The minimum absolute atomic E-state index is 0.252. The van der Waals surface area contributed by atoms with Crippen molar-refractivity contribution in [2.75, 3.05) is 13.2 Å². The molecule has 0 unspecified atom stereocenters. The second-order valence-electron chi connectivity index (χ2n) is 10.7. The quantitative estimate of drug-likeness (QED) is 0.751. The predicted octanol–water partition coefficient (Wildman–Crippen LogP) is 5.00. The third-order valence-corrected chi connectivity index (χ3v) is 9.41. The lowest BCUT2D eigenvalue weighted by atomic mass is 9.44. The second kappa shape index (κ2) is 7.44. The highest BCUT2D eigenvalue weighted by Gasteiger charge is 2.57. The first-order valence-corrected chi connectivity index (χ1v) is 11.7. The first-order chi connectivity index (χ1) is 12.9. The molecule has 0 bridgehead atoms.